The van der Waals surface area contributed by atoms with Crippen molar-refractivity contribution in [2.24, 2.45) is 11.8 Å². The number of hydrogen-bond acceptors (Lipinski definition) is 3. The lowest BCUT2D eigenvalue weighted by atomic mass is 10.1. The molecule has 1 fully saturated rings. The summed E-state index contributed by atoms with van der Waals surface area (Å²) in [6.07, 6.45) is 4.48. The Kier molecular flexibility index (Phi) is 7.78. The summed E-state index contributed by atoms with van der Waals surface area (Å²) in [7, 11) is -1.78. The number of rotatable bonds is 10. The van der Waals surface area contributed by atoms with Crippen molar-refractivity contribution < 1.29 is 4.43 Å². The Labute approximate surface area is 164 Å². The molecule has 1 unspecified atom stereocenters. The first-order valence-corrected chi connectivity index (χ1v) is 12.9. The van der Waals surface area contributed by atoms with Gasteiger partial charge in [-0.25, -0.2) is 0 Å². The van der Waals surface area contributed by atoms with Crippen LogP contribution in [0.2, 0.25) is 28.2 Å². The molecule has 0 amide bonds. The molecule has 0 saturated heterocycles. The fourth-order valence-electron chi connectivity index (χ4n) is 3.68. The third-order valence-corrected chi connectivity index (χ3v) is 11.1. The molecule has 0 aromatic carbocycles. The summed E-state index contributed by atoms with van der Waals surface area (Å²) in [6.45, 7) is 12.1. The van der Waals surface area contributed by atoms with E-state index >= 15 is 0 Å². The van der Waals surface area contributed by atoms with Gasteiger partial charge in [-0.15, -0.1) is 0 Å². The van der Waals surface area contributed by atoms with E-state index in [0.29, 0.717) is 16.1 Å². The third kappa shape index (κ3) is 5.20. The van der Waals surface area contributed by atoms with Crippen LogP contribution in [-0.2, 0) is 4.43 Å². The molecule has 1 heterocycles. The molecule has 0 aliphatic heterocycles. The van der Waals surface area contributed by atoms with Crippen LogP contribution in [0.25, 0.3) is 0 Å². The largest absolute Gasteiger partial charge is 0.409 e. The highest BCUT2D eigenvalue weighted by molar-refractivity contribution is 6.73. The zero-order valence-electron chi connectivity index (χ0n) is 16.1. The fourth-order valence-corrected chi connectivity index (χ4v) is 7.09. The van der Waals surface area contributed by atoms with E-state index in [1.54, 1.807) is 12.4 Å². The van der Waals surface area contributed by atoms with Crippen molar-refractivity contribution in [3.8, 4) is 0 Å². The lowest BCUT2D eigenvalue weighted by molar-refractivity contribution is 0.184. The van der Waals surface area contributed by atoms with Gasteiger partial charge in [0, 0.05) is 30.5 Å². The van der Waals surface area contributed by atoms with Gasteiger partial charge in [-0.3, -0.25) is 4.98 Å². The normalized spacial score (nSPS) is 21.6. The minimum atomic E-state index is -1.78. The average molecular weight is 403 g/mol. The Hall–Kier alpha value is -0.133. The highest BCUT2D eigenvalue weighted by Crippen LogP contribution is 2.39. The van der Waals surface area contributed by atoms with Gasteiger partial charge in [0.05, 0.1) is 16.1 Å². The van der Waals surface area contributed by atoms with Gasteiger partial charge < -0.3 is 9.74 Å². The quantitative estimate of drug-likeness (QED) is 0.480. The van der Waals surface area contributed by atoms with Crippen LogP contribution in [-0.4, -0.2) is 25.9 Å². The van der Waals surface area contributed by atoms with Gasteiger partial charge in [0.15, 0.2) is 8.32 Å². The van der Waals surface area contributed by atoms with Crippen molar-refractivity contribution in [1.29, 1.82) is 0 Å². The molecule has 0 radical (unpaired) electrons. The molecule has 1 aromatic rings. The van der Waals surface area contributed by atoms with Gasteiger partial charge in [-0.2, -0.15) is 0 Å². The first-order valence-electron chi connectivity index (χ1n) is 9.57. The molecule has 142 valence electrons. The van der Waals surface area contributed by atoms with Crippen LogP contribution in [0.4, 0.5) is 0 Å². The number of pyridine rings is 1. The zero-order chi connectivity index (χ0) is 18.6. The van der Waals surface area contributed by atoms with Crippen LogP contribution in [0.5, 0.6) is 0 Å². The van der Waals surface area contributed by atoms with Gasteiger partial charge in [0.2, 0.25) is 0 Å². The highest BCUT2D eigenvalue weighted by Gasteiger charge is 2.40. The van der Waals surface area contributed by atoms with Crippen LogP contribution in [0.3, 0.4) is 0 Å². The Balaban J connectivity index is 2.19. The molecule has 3 atom stereocenters. The minimum absolute atomic E-state index is 0.108. The Bertz CT molecular complexity index is 538. The van der Waals surface area contributed by atoms with E-state index in [4.69, 9.17) is 27.6 Å². The minimum Gasteiger partial charge on any atom is -0.409 e. The molecule has 6 heteroatoms. The summed E-state index contributed by atoms with van der Waals surface area (Å²) in [5, 5.41) is 4.89. The smallest absolute Gasteiger partial charge is 0.192 e. The molecule has 1 aliphatic carbocycles. The van der Waals surface area contributed by atoms with Gasteiger partial charge in [-0.05, 0) is 36.4 Å². The van der Waals surface area contributed by atoms with E-state index in [2.05, 4.69) is 44.9 Å². The molecule has 1 aliphatic rings. The van der Waals surface area contributed by atoms with E-state index in [1.807, 2.05) is 0 Å². The lowest BCUT2D eigenvalue weighted by Gasteiger charge is -2.34. The van der Waals surface area contributed by atoms with E-state index in [1.165, 1.54) is 6.42 Å². The second kappa shape index (κ2) is 9.18. The maximum absolute atomic E-state index is 6.79. The SMILES string of the molecule is CC[Si](CC)(CC)OC(CN[C@H]1C[C@@H]1C(C)C)c1c(Cl)cncc1Cl. The lowest BCUT2D eigenvalue weighted by Crippen LogP contribution is -2.40. The van der Waals surface area contributed by atoms with Crippen LogP contribution in [0, 0.1) is 11.8 Å². The molecule has 1 N–H and O–H groups in total. The Morgan fingerprint density at radius 2 is 1.72 bits per heavy atom. The Morgan fingerprint density at radius 1 is 1.16 bits per heavy atom. The van der Waals surface area contributed by atoms with Crippen molar-refractivity contribution in [2.75, 3.05) is 6.54 Å². The molecule has 2 rings (SSSR count). The summed E-state index contributed by atoms with van der Waals surface area (Å²) in [5.41, 5.74) is 0.889. The predicted octanol–water partition coefficient (Wildman–Crippen LogP) is 6.09. The molecule has 1 saturated carbocycles. The summed E-state index contributed by atoms with van der Waals surface area (Å²) in [6, 6.07) is 3.91. The summed E-state index contributed by atoms with van der Waals surface area (Å²) in [5.74, 6) is 1.50. The molecular formula is C19H32Cl2N2OSi. The number of nitrogens with one attached hydrogen (secondary N) is 1. The Morgan fingerprint density at radius 3 is 2.16 bits per heavy atom. The summed E-state index contributed by atoms with van der Waals surface area (Å²) < 4.78 is 6.79. The van der Waals surface area contributed by atoms with Crippen LogP contribution in [0.15, 0.2) is 12.4 Å². The van der Waals surface area contributed by atoms with E-state index in [-0.39, 0.29) is 6.10 Å². The number of hydrogen-bond donors (Lipinski definition) is 1. The maximum atomic E-state index is 6.79. The predicted molar refractivity (Wildman–Crippen MR) is 110 cm³/mol. The van der Waals surface area contributed by atoms with Gasteiger partial charge in [-0.1, -0.05) is 57.8 Å². The van der Waals surface area contributed by atoms with Crippen LogP contribution >= 0.6 is 23.2 Å². The molecule has 1 aromatic heterocycles. The second-order valence-corrected chi connectivity index (χ2v) is 13.1. The zero-order valence-corrected chi connectivity index (χ0v) is 18.6. The molecule has 25 heavy (non-hydrogen) atoms. The summed E-state index contributed by atoms with van der Waals surface area (Å²) in [4.78, 5) is 4.10. The molecule has 0 bridgehead atoms. The highest BCUT2D eigenvalue weighted by atomic mass is 35.5. The van der Waals surface area contributed by atoms with Crippen LogP contribution in [0.1, 0.15) is 52.7 Å². The number of nitrogens with zero attached hydrogens (tertiary/aromatic N) is 1. The standard InChI is InChI=1S/C19H32Cl2N2OSi/c1-6-25(7-2,8-3)24-18(12-23-17-9-14(17)13(4)5)19-15(20)10-22-11-16(19)21/h10-11,13-14,17-18,23H,6-9,12H2,1-5H3/t14-,17+,18?/m1/s1. The van der Waals surface area contributed by atoms with Crippen molar-refractivity contribution in [3.05, 3.63) is 28.0 Å². The third-order valence-electron chi connectivity index (χ3n) is 5.80. The van der Waals surface area contributed by atoms with Gasteiger partial charge in [0.25, 0.3) is 0 Å². The molecule has 3 nitrogen and oxygen atoms in total. The number of halogens is 2. The first-order chi connectivity index (χ1) is 11.9. The number of aromatic nitrogens is 1. The van der Waals surface area contributed by atoms with Crippen molar-refractivity contribution in [1.82, 2.24) is 10.3 Å². The van der Waals surface area contributed by atoms with E-state index in [0.717, 1.165) is 42.1 Å². The molecule has 0 spiro atoms. The fraction of sp³-hybridized carbons (Fsp3) is 0.737. The van der Waals surface area contributed by atoms with Gasteiger partial charge in [0.1, 0.15) is 0 Å². The average Bonchev–Trinajstić information content (AvgIpc) is 3.37. The second-order valence-electron chi connectivity index (χ2n) is 7.53. The monoisotopic (exact) mass is 402 g/mol. The van der Waals surface area contributed by atoms with E-state index < -0.39 is 8.32 Å². The topological polar surface area (TPSA) is 34.1 Å². The maximum Gasteiger partial charge on any atom is 0.192 e. The van der Waals surface area contributed by atoms with Crippen LogP contribution < -0.4 is 5.32 Å². The van der Waals surface area contributed by atoms with Crippen molar-refractivity contribution in [2.45, 2.75) is 71.3 Å². The van der Waals surface area contributed by atoms with Crippen molar-refractivity contribution >= 4 is 31.5 Å². The van der Waals surface area contributed by atoms with E-state index in [9.17, 15) is 0 Å². The molecular weight excluding hydrogens is 371 g/mol. The van der Waals surface area contributed by atoms with Crippen molar-refractivity contribution in [3.63, 3.8) is 0 Å². The summed E-state index contributed by atoms with van der Waals surface area (Å²) >= 11 is 12.9. The van der Waals surface area contributed by atoms with Gasteiger partial charge >= 0.3 is 0 Å². The first kappa shape index (κ1) is 21.2.